The van der Waals surface area contributed by atoms with Crippen molar-refractivity contribution in [3.63, 3.8) is 0 Å². The van der Waals surface area contributed by atoms with E-state index in [1.807, 2.05) is 11.8 Å². The highest BCUT2D eigenvalue weighted by Gasteiger charge is 2.20. The molecule has 92 valence electrons. The van der Waals surface area contributed by atoms with Gasteiger partial charge in [0.2, 0.25) is 5.82 Å². The Bertz CT molecular complexity index is 421. The summed E-state index contributed by atoms with van der Waals surface area (Å²) >= 11 is 1.85. The zero-order valence-electron chi connectivity index (χ0n) is 9.26. The number of rotatable bonds is 3. The maximum Gasteiger partial charge on any atom is 0.311 e. The number of thioether (sulfide) groups is 1. The third-order valence-electron chi connectivity index (χ3n) is 2.59. The molecule has 2 rings (SSSR count). The molecule has 0 aromatic carbocycles. The van der Waals surface area contributed by atoms with Crippen molar-refractivity contribution in [2.75, 3.05) is 22.6 Å². The molecule has 1 aromatic rings. The van der Waals surface area contributed by atoms with Crippen LogP contribution in [0, 0.1) is 10.1 Å². The molecular weight excluding hydrogens is 240 g/mol. The number of nitrogens with zero attached hydrogens (tertiary/aromatic N) is 2. The number of nitro groups is 1. The second-order valence-electron chi connectivity index (χ2n) is 3.92. The highest BCUT2D eigenvalue weighted by Crippen LogP contribution is 2.26. The van der Waals surface area contributed by atoms with Crippen LogP contribution in [-0.4, -0.2) is 27.5 Å². The first kappa shape index (κ1) is 12.0. The SMILES string of the molecule is Nc1ccc([N+](=O)[O-])c(NC2CCCSC2)n1. The van der Waals surface area contributed by atoms with E-state index >= 15 is 0 Å². The first-order chi connectivity index (χ1) is 8.16. The number of hydrogen-bond acceptors (Lipinski definition) is 6. The van der Waals surface area contributed by atoms with E-state index in [2.05, 4.69) is 10.3 Å². The smallest absolute Gasteiger partial charge is 0.311 e. The Labute approximate surface area is 103 Å². The lowest BCUT2D eigenvalue weighted by atomic mass is 10.2. The molecule has 0 radical (unpaired) electrons. The standard InChI is InChI=1S/C10H14N4O2S/c11-9-4-3-8(14(15)16)10(13-9)12-7-2-1-5-17-6-7/h3-4,7H,1-2,5-6H2,(H3,11,12,13). The molecule has 7 heteroatoms. The van der Waals surface area contributed by atoms with Crippen molar-refractivity contribution in [2.45, 2.75) is 18.9 Å². The van der Waals surface area contributed by atoms with Gasteiger partial charge in [0.1, 0.15) is 5.82 Å². The molecule has 17 heavy (non-hydrogen) atoms. The zero-order chi connectivity index (χ0) is 12.3. The Kier molecular flexibility index (Phi) is 3.68. The molecule has 6 nitrogen and oxygen atoms in total. The Morgan fingerprint density at radius 3 is 3.06 bits per heavy atom. The predicted molar refractivity (Wildman–Crippen MR) is 69.3 cm³/mol. The zero-order valence-corrected chi connectivity index (χ0v) is 10.1. The molecule has 2 heterocycles. The van der Waals surface area contributed by atoms with Crippen molar-refractivity contribution >= 4 is 29.1 Å². The van der Waals surface area contributed by atoms with Gasteiger partial charge >= 0.3 is 5.69 Å². The molecule has 0 amide bonds. The number of anilines is 2. The van der Waals surface area contributed by atoms with Gasteiger partial charge in [-0.2, -0.15) is 11.8 Å². The van der Waals surface area contributed by atoms with E-state index in [4.69, 9.17) is 5.73 Å². The highest BCUT2D eigenvalue weighted by atomic mass is 32.2. The molecule has 0 bridgehead atoms. The second kappa shape index (κ2) is 5.22. The second-order valence-corrected chi connectivity index (χ2v) is 5.07. The van der Waals surface area contributed by atoms with Crippen LogP contribution in [0.25, 0.3) is 0 Å². The van der Waals surface area contributed by atoms with Crippen molar-refractivity contribution in [2.24, 2.45) is 0 Å². The van der Waals surface area contributed by atoms with E-state index in [0.717, 1.165) is 24.3 Å². The monoisotopic (exact) mass is 254 g/mol. The highest BCUT2D eigenvalue weighted by molar-refractivity contribution is 7.99. The molecule has 0 saturated carbocycles. The van der Waals surface area contributed by atoms with Gasteiger partial charge in [0, 0.05) is 17.9 Å². The van der Waals surface area contributed by atoms with Gasteiger partial charge in [-0.05, 0) is 24.7 Å². The molecule has 1 atom stereocenters. The fourth-order valence-corrected chi connectivity index (χ4v) is 2.84. The topological polar surface area (TPSA) is 94.1 Å². The molecule has 1 aliphatic rings. The van der Waals surface area contributed by atoms with Gasteiger partial charge < -0.3 is 11.1 Å². The van der Waals surface area contributed by atoms with Crippen molar-refractivity contribution in [1.82, 2.24) is 4.98 Å². The molecule has 0 aliphatic carbocycles. The van der Waals surface area contributed by atoms with Crippen LogP contribution < -0.4 is 11.1 Å². The van der Waals surface area contributed by atoms with E-state index in [9.17, 15) is 10.1 Å². The van der Waals surface area contributed by atoms with Gasteiger partial charge in [-0.1, -0.05) is 0 Å². The van der Waals surface area contributed by atoms with Gasteiger partial charge in [-0.25, -0.2) is 4.98 Å². The Morgan fingerprint density at radius 1 is 1.59 bits per heavy atom. The van der Waals surface area contributed by atoms with E-state index < -0.39 is 4.92 Å². The Morgan fingerprint density at radius 2 is 2.41 bits per heavy atom. The summed E-state index contributed by atoms with van der Waals surface area (Å²) in [6, 6.07) is 3.07. The minimum atomic E-state index is -0.440. The van der Waals surface area contributed by atoms with Crippen molar-refractivity contribution in [1.29, 1.82) is 0 Å². The van der Waals surface area contributed by atoms with Crippen LogP contribution in [0.2, 0.25) is 0 Å². The average Bonchev–Trinajstić information content (AvgIpc) is 2.30. The molecule has 3 N–H and O–H groups in total. The summed E-state index contributed by atoms with van der Waals surface area (Å²) in [6.07, 6.45) is 2.14. The minimum Gasteiger partial charge on any atom is -0.384 e. The third kappa shape index (κ3) is 3.00. The molecule has 1 fully saturated rings. The van der Waals surface area contributed by atoms with E-state index in [0.29, 0.717) is 5.82 Å². The summed E-state index contributed by atoms with van der Waals surface area (Å²) in [7, 11) is 0. The summed E-state index contributed by atoms with van der Waals surface area (Å²) in [6.45, 7) is 0. The lowest BCUT2D eigenvalue weighted by Gasteiger charge is -2.22. The maximum absolute atomic E-state index is 10.9. The quantitative estimate of drug-likeness (QED) is 0.631. The van der Waals surface area contributed by atoms with Crippen LogP contribution in [-0.2, 0) is 0 Å². The normalized spacial score (nSPS) is 19.9. The average molecular weight is 254 g/mol. The molecule has 1 unspecified atom stereocenters. The first-order valence-electron chi connectivity index (χ1n) is 5.42. The third-order valence-corrected chi connectivity index (χ3v) is 3.81. The largest absolute Gasteiger partial charge is 0.384 e. The molecular formula is C10H14N4O2S. The van der Waals surface area contributed by atoms with Crippen LogP contribution in [0.5, 0.6) is 0 Å². The molecule has 1 saturated heterocycles. The van der Waals surface area contributed by atoms with Gasteiger partial charge in [0.05, 0.1) is 4.92 Å². The van der Waals surface area contributed by atoms with E-state index in [1.165, 1.54) is 12.1 Å². The van der Waals surface area contributed by atoms with Gasteiger partial charge in [-0.3, -0.25) is 10.1 Å². The summed E-state index contributed by atoms with van der Waals surface area (Å²) in [5.74, 6) is 2.68. The number of pyridine rings is 1. The molecule has 1 aliphatic heterocycles. The fraction of sp³-hybridized carbons (Fsp3) is 0.500. The Hall–Kier alpha value is -1.50. The van der Waals surface area contributed by atoms with Crippen molar-refractivity contribution in [3.8, 4) is 0 Å². The van der Waals surface area contributed by atoms with Crippen LogP contribution in [0.15, 0.2) is 12.1 Å². The summed E-state index contributed by atoms with van der Waals surface area (Å²) in [4.78, 5) is 14.4. The summed E-state index contributed by atoms with van der Waals surface area (Å²) in [5, 5.41) is 14.0. The summed E-state index contributed by atoms with van der Waals surface area (Å²) in [5.41, 5.74) is 5.54. The molecule has 0 spiro atoms. The Balaban J connectivity index is 2.17. The van der Waals surface area contributed by atoms with Gasteiger partial charge in [-0.15, -0.1) is 0 Å². The number of nitrogens with one attached hydrogen (secondary N) is 1. The summed E-state index contributed by atoms with van der Waals surface area (Å²) < 4.78 is 0. The lowest BCUT2D eigenvalue weighted by Crippen LogP contribution is -2.26. The van der Waals surface area contributed by atoms with Crippen LogP contribution in [0.3, 0.4) is 0 Å². The minimum absolute atomic E-state index is 0.0187. The van der Waals surface area contributed by atoms with E-state index in [-0.39, 0.29) is 17.5 Å². The fourth-order valence-electron chi connectivity index (χ4n) is 1.77. The number of hydrogen-bond donors (Lipinski definition) is 2. The van der Waals surface area contributed by atoms with Crippen LogP contribution in [0.1, 0.15) is 12.8 Å². The predicted octanol–water partition coefficient (Wildman–Crippen LogP) is 1.88. The van der Waals surface area contributed by atoms with E-state index in [1.54, 1.807) is 0 Å². The number of aromatic nitrogens is 1. The first-order valence-corrected chi connectivity index (χ1v) is 6.57. The lowest BCUT2D eigenvalue weighted by molar-refractivity contribution is -0.384. The maximum atomic E-state index is 10.9. The molecule has 1 aromatic heterocycles. The van der Waals surface area contributed by atoms with Gasteiger partial charge in [0.25, 0.3) is 0 Å². The number of nitrogen functional groups attached to an aromatic ring is 1. The van der Waals surface area contributed by atoms with Crippen molar-refractivity contribution < 1.29 is 4.92 Å². The van der Waals surface area contributed by atoms with Crippen LogP contribution >= 0.6 is 11.8 Å². The van der Waals surface area contributed by atoms with Crippen molar-refractivity contribution in [3.05, 3.63) is 22.2 Å². The van der Waals surface area contributed by atoms with Crippen LogP contribution in [0.4, 0.5) is 17.3 Å². The van der Waals surface area contributed by atoms with Gasteiger partial charge in [0.15, 0.2) is 0 Å². The number of nitrogens with two attached hydrogens (primary N) is 1.